The van der Waals surface area contributed by atoms with E-state index in [0.717, 1.165) is 18.5 Å². The van der Waals surface area contributed by atoms with E-state index in [2.05, 4.69) is 15.5 Å². The van der Waals surface area contributed by atoms with Gasteiger partial charge in [-0.2, -0.15) is 10.2 Å². The molecule has 0 saturated heterocycles. The highest BCUT2D eigenvalue weighted by molar-refractivity contribution is 6.30. The fraction of sp³-hybridized carbons (Fsp3) is 0.278. The summed E-state index contributed by atoms with van der Waals surface area (Å²) in [6.07, 6.45) is 6.16. The summed E-state index contributed by atoms with van der Waals surface area (Å²) < 4.78 is 9.01. The van der Waals surface area contributed by atoms with E-state index in [-0.39, 0.29) is 12.6 Å². The summed E-state index contributed by atoms with van der Waals surface area (Å²) in [5.74, 6) is 0.477. The molecule has 0 radical (unpaired) electrons. The zero-order chi connectivity index (χ0) is 18.4. The van der Waals surface area contributed by atoms with Crippen LogP contribution in [0.5, 0.6) is 5.75 Å². The lowest BCUT2D eigenvalue weighted by Gasteiger charge is -2.10. The van der Waals surface area contributed by atoms with Crippen molar-refractivity contribution in [1.29, 1.82) is 0 Å². The first-order chi connectivity index (χ1) is 12.6. The molecular formula is C18H20ClN5O2. The Kier molecular flexibility index (Phi) is 5.91. The fourth-order valence-electron chi connectivity index (χ4n) is 2.42. The maximum Gasteiger partial charge on any atom is 0.269 e. The molecule has 0 aliphatic rings. The largest absolute Gasteiger partial charge is 0.471 e. The average molecular weight is 374 g/mol. The first-order valence-electron chi connectivity index (χ1n) is 8.29. The molecule has 136 valence electrons. The number of aromatic nitrogens is 4. The molecule has 0 unspecified atom stereocenters. The minimum atomic E-state index is -0.182. The maximum atomic E-state index is 12.3. The molecule has 0 aliphatic heterocycles. The van der Waals surface area contributed by atoms with Crippen LogP contribution in [0.1, 0.15) is 22.5 Å². The number of nitrogens with one attached hydrogen (secondary N) is 1. The van der Waals surface area contributed by atoms with Crippen LogP contribution in [0.4, 0.5) is 0 Å². The highest BCUT2D eigenvalue weighted by Crippen LogP contribution is 2.16. The summed E-state index contributed by atoms with van der Waals surface area (Å²) in [6, 6.07) is 8.69. The van der Waals surface area contributed by atoms with E-state index in [0.29, 0.717) is 23.0 Å². The van der Waals surface area contributed by atoms with Gasteiger partial charge in [-0.15, -0.1) is 0 Å². The number of rotatable bonds is 8. The highest BCUT2D eigenvalue weighted by atomic mass is 35.5. The van der Waals surface area contributed by atoms with Gasteiger partial charge in [-0.1, -0.05) is 11.6 Å². The van der Waals surface area contributed by atoms with Gasteiger partial charge in [-0.25, -0.2) is 4.68 Å². The van der Waals surface area contributed by atoms with Crippen molar-refractivity contribution in [2.75, 3.05) is 6.54 Å². The molecule has 0 saturated carbocycles. The van der Waals surface area contributed by atoms with Gasteiger partial charge in [-0.05, 0) is 49.2 Å². The smallest absolute Gasteiger partial charge is 0.269 e. The molecule has 2 heterocycles. The third-order valence-electron chi connectivity index (χ3n) is 3.73. The molecule has 0 fully saturated rings. The number of amides is 1. The van der Waals surface area contributed by atoms with Gasteiger partial charge in [0.2, 0.25) is 0 Å². The molecule has 0 bridgehead atoms. The topological polar surface area (TPSA) is 74.0 Å². The van der Waals surface area contributed by atoms with Crippen LogP contribution >= 0.6 is 11.6 Å². The summed E-state index contributed by atoms with van der Waals surface area (Å²) >= 11 is 5.85. The van der Waals surface area contributed by atoms with E-state index in [4.69, 9.17) is 16.3 Å². The van der Waals surface area contributed by atoms with Crippen LogP contribution < -0.4 is 10.1 Å². The lowest BCUT2D eigenvalue weighted by atomic mass is 10.3. The van der Waals surface area contributed by atoms with E-state index in [9.17, 15) is 4.79 Å². The van der Waals surface area contributed by atoms with Crippen LogP contribution in [0, 0.1) is 6.92 Å². The molecule has 2 aromatic heterocycles. The van der Waals surface area contributed by atoms with Gasteiger partial charge >= 0.3 is 0 Å². The normalized spacial score (nSPS) is 10.7. The number of nitrogens with zero attached hydrogens (tertiary/aromatic N) is 4. The van der Waals surface area contributed by atoms with Gasteiger partial charge in [-0.3, -0.25) is 9.48 Å². The quantitative estimate of drug-likeness (QED) is 0.616. The number of ether oxygens (including phenoxy) is 1. The molecule has 1 amide bonds. The first kappa shape index (κ1) is 18.0. The average Bonchev–Trinajstić information content (AvgIpc) is 3.27. The van der Waals surface area contributed by atoms with Crippen molar-refractivity contribution in [3.63, 3.8) is 0 Å². The van der Waals surface area contributed by atoms with Crippen molar-refractivity contribution in [2.24, 2.45) is 0 Å². The van der Waals surface area contributed by atoms with Gasteiger partial charge in [0, 0.05) is 30.5 Å². The minimum absolute atomic E-state index is 0.143. The molecule has 26 heavy (non-hydrogen) atoms. The minimum Gasteiger partial charge on any atom is -0.471 e. The molecule has 0 aliphatic carbocycles. The Morgan fingerprint density at radius 3 is 2.77 bits per heavy atom. The van der Waals surface area contributed by atoms with E-state index in [1.54, 1.807) is 36.5 Å². The second-order valence-corrected chi connectivity index (χ2v) is 6.27. The monoisotopic (exact) mass is 373 g/mol. The molecule has 3 rings (SSSR count). The number of halogens is 1. The standard InChI is InChI=1S/C18H20ClN5O2/c1-14-11-22-23(12-14)10-2-8-20-18(25)17-7-9-21-24(17)13-26-16-5-3-15(19)4-6-16/h3-7,9,11-12H,2,8,10,13H2,1H3,(H,20,25). The second kappa shape index (κ2) is 8.53. The van der Waals surface area contributed by atoms with Crippen molar-refractivity contribution in [3.05, 3.63) is 65.2 Å². The summed E-state index contributed by atoms with van der Waals surface area (Å²) in [6.45, 7) is 3.45. The molecule has 0 atom stereocenters. The van der Waals surface area contributed by atoms with Crippen molar-refractivity contribution >= 4 is 17.5 Å². The van der Waals surface area contributed by atoms with Crippen molar-refractivity contribution in [2.45, 2.75) is 26.6 Å². The van der Waals surface area contributed by atoms with Crippen LogP contribution in [0.25, 0.3) is 0 Å². The predicted octanol–water partition coefficient (Wildman–Crippen LogP) is 2.90. The number of hydrogen-bond acceptors (Lipinski definition) is 4. The van der Waals surface area contributed by atoms with Crippen LogP contribution in [0.3, 0.4) is 0 Å². The van der Waals surface area contributed by atoms with Gasteiger partial charge in [0.05, 0.1) is 6.20 Å². The summed E-state index contributed by atoms with van der Waals surface area (Å²) in [5.41, 5.74) is 1.58. The first-order valence-corrected chi connectivity index (χ1v) is 8.67. The van der Waals surface area contributed by atoms with Gasteiger partial charge in [0.15, 0.2) is 6.73 Å². The second-order valence-electron chi connectivity index (χ2n) is 5.83. The lowest BCUT2D eigenvalue weighted by Crippen LogP contribution is -2.28. The van der Waals surface area contributed by atoms with Crippen molar-refractivity contribution < 1.29 is 9.53 Å². The molecule has 1 N–H and O–H groups in total. The van der Waals surface area contributed by atoms with Crippen LogP contribution in [0.15, 0.2) is 48.9 Å². The van der Waals surface area contributed by atoms with Gasteiger partial charge in [0.25, 0.3) is 5.91 Å². The number of carbonyl (C=O) groups is 1. The summed E-state index contributed by atoms with van der Waals surface area (Å²) in [7, 11) is 0. The predicted molar refractivity (Wildman–Crippen MR) is 98.2 cm³/mol. The third kappa shape index (κ3) is 4.86. The summed E-state index contributed by atoms with van der Waals surface area (Å²) in [4.78, 5) is 12.3. The Balaban J connectivity index is 1.47. The number of carbonyl (C=O) groups excluding carboxylic acids is 1. The Morgan fingerprint density at radius 1 is 1.23 bits per heavy atom. The maximum absolute atomic E-state index is 12.3. The van der Waals surface area contributed by atoms with E-state index in [1.807, 2.05) is 24.0 Å². The molecule has 0 spiro atoms. The van der Waals surface area contributed by atoms with E-state index < -0.39 is 0 Å². The molecule has 1 aromatic carbocycles. The number of benzene rings is 1. The van der Waals surface area contributed by atoms with Crippen molar-refractivity contribution in [1.82, 2.24) is 24.9 Å². The lowest BCUT2D eigenvalue weighted by molar-refractivity contribution is 0.0931. The number of hydrogen-bond donors (Lipinski definition) is 1. The van der Waals surface area contributed by atoms with Crippen LogP contribution in [-0.2, 0) is 13.3 Å². The van der Waals surface area contributed by atoms with E-state index >= 15 is 0 Å². The van der Waals surface area contributed by atoms with Gasteiger partial charge in [0.1, 0.15) is 11.4 Å². The molecular weight excluding hydrogens is 354 g/mol. The zero-order valence-corrected chi connectivity index (χ0v) is 15.2. The van der Waals surface area contributed by atoms with Crippen molar-refractivity contribution in [3.8, 4) is 5.75 Å². The van der Waals surface area contributed by atoms with Gasteiger partial charge < -0.3 is 10.1 Å². The fourth-order valence-corrected chi connectivity index (χ4v) is 2.54. The highest BCUT2D eigenvalue weighted by Gasteiger charge is 2.12. The SMILES string of the molecule is Cc1cnn(CCCNC(=O)c2ccnn2COc2ccc(Cl)cc2)c1. The third-order valence-corrected chi connectivity index (χ3v) is 3.98. The Bertz CT molecular complexity index is 857. The summed E-state index contributed by atoms with van der Waals surface area (Å²) in [5, 5.41) is 11.9. The number of aryl methyl sites for hydroxylation is 2. The Labute approximate surface area is 156 Å². The van der Waals surface area contributed by atoms with E-state index in [1.165, 1.54) is 4.68 Å². The van der Waals surface area contributed by atoms with Crippen LogP contribution in [-0.4, -0.2) is 32.0 Å². The Hall–Kier alpha value is -2.80. The zero-order valence-electron chi connectivity index (χ0n) is 14.4. The van der Waals surface area contributed by atoms with Crippen LogP contribution in [0.2, 0.25) is 5.02 Å². The molecule has 7 nitrogen and oxygen atoms in total. The molecule has 3 aromatic rings. The Morgan fingerprint density at radius 2 is 2.04 bits per heavy atom. The molecule has 8 heteroatoms.